The van der Waals surface area contributed by atoms with Crippen LogP contribution in [0, 0.1) is 0 Å². The second-order valence-corrected chi connectivity index (χ2v) is 5.33. The Labute approximate surface area is 148 Å². The lowest BCUT2D eigenvalue weighted by atomic mass is 10.1. The van der Waals surface area contributed by atoms with Crippen molar-refractivity contribution in [3.63, 3.8) is 0 Å². The molecular weight excluding hydrogens is 349 g/mol. The number of alkyl halides is 3. The first kappa shape index (κ1) is 19.4. The molecule has 0 saturated carbocycles. The van der Waals surface area contributed by atoms with E-state index in [2.05, 4.69) is 20.9 Å². The predicted octanol–water partition coefficient (Wildman–Crippen LogP) is 2.28. The average molecular weight is 368 g/mol. The number of halogens is 3. The highest BCUT2D eigenvalue weighted by atomic mass is 19.4. The third-order valence-corrected chi connectivity index (χ3v) is 3.42. The molecule has 140 valence electrons. The smallest absolute Gasteiger partial charge is 0.416 e. The SMILES string of the molecule is CN=C(NCC(=O)NCc1ccco1)NCc1ccc(C(F)(F)F)cc1. The largest absolute Gasteiger partial charge is 0.467 e. The van der Waals surface area contributed by atoms with Crippen molar-refractivity contribution in [2.45, 2.75) is 19.3 Å². The van der Waals surface area contributed by atoms with Crippen LogP contribution in [0.1, 0.15) is 16.9 Å². The standard InChI is InChI=1S/C17H19F3N4O2/c1-21-16(24-11-15(25)22-10-14-3-2-8-26-14)23-9-12-4-6-13(7-5-12)17(18,19)20/h2-8H,9-11H2,1H3,(H,22,25)(H2,21,23,24). The summed E-state index contributed by atoms with van der Waals surface area (Å²) >= 11 is 0. The molecule has 0 saturated heterocycles. The number of carbonyl (C=O) groups excluding carboxylic acids is 1. The first-order chi connectivity index (χ1) is 12.4. The molecular formula is C17H19F3N4O2. The van der Waals surface area contributed by atoms with Crippen LogP contribution in [-0.2, 0) is 24.1 Å². The van der Waals surface area contributed by atoms with Crippen molar-refractivity contribution in [1.82, 2.24) is 16.0 Å². The Kier molecular flexibility index (Phi) is 6.65. The van der Waals surface area contributed by atoms with Crippen molar-refractivity contribution >= 4 is 11.9 Å². The summed E-state index contributed by atoms with van der Waals surface area (Å²) in [6.07, 6.45) is -2.83. The van der Waals surface area contributed by atoms with Gasteiger partial charge < -0.3 is 20.4 Å². The number of rotatable bonds is 6. The normalized spacial score (nSPS) is 11.9. The van der Waals surface area contributed by atoms with E-state index in [1.165, 1.54) is 25.4 Å². The van der Waals surface area contributed by atoms with Gasteiger partial charge in [0.1, 0.15) is 5.76 Å². The van der Waals surface area contributed by atoms with E-state index in [9.17, 15) is 18.0 Å². The monoisotopic (exact) mass is 368 g/mol. The zero-order valence-electron chi connectivity index (χ0n) is 14.1. The maximum Gasteiger partial charge on any atom is 0.416 e. The van der Waals surface area contributed by atoms with Gasteiger partial charge in [-0.05, 0) is 29.8 Å². The molecule has 1 amide bonds. The fourth-order valence-corrected chi connectivity index (χ4v) is 2.04. The van der Waals surface area contributed by atoms with Gasteiger partial charge >= 0.3 is 6.18 Å². The summed E-state index contributed by atoms with van der Waals surface area (Å²) in [7, 11) is 1.53. The quantitative estimate of drug-likeness (QED) is 0.540. The lowest BCUT2D eigenvalue weighted by Crippen LogP contribution is -2.42. The maximum atomic E-state index is 12.5. The van der Waals surface area contributed by atoms with Crippen LogP contribution in [0.5, 0.6) is 0 Å². The lowest BCUT2D eigenvalue weighted by molar-refractivity contribution is -0.137. The third kappa shape index (κ3) is 6.15. The Morgan fingerprint density at radius 3 is 2.38 bits per heavy atom. The zero-order chi connectivity index (χ0) is 19.0. The first-order valence-electron chi connectivity index (χ1n) is 7.78. The van der Waals surface area contributed by atoms with Gasteiger partial charge in [0, 0.05) is 13.6 Å². The van der Waals surface area contributed by atoms with Crippen LogP contribution in [0.4, 0.5) is 13.2 Å². The molecule has 0 aliphatic carbocycles. The number of benzene rings is 1. The number of hydrogen-bond acceptors (Lipinski definition) is 3. The molecule has 2 aromatic rings. The predicted molar refractivity (Wildman–Crippen MR) is 90.2 cm³/mol. The summed E-state index contributed by atoms with van der Waals surface area (Å²) in [6.45, 7) is 0.546. The van der Waals surface area contributed by atoms with Crippen molar-refractivity contribution in [2.24, 2.45) is 4.99 Å². The summed E-state index contributed by atoms with van der Waals surface area (Å²) in [5.41, 5.74) is -0.0415. The fraction of sp³-hybridized carbons (Fsp3) is 0.294. The number of nitrogens with zero attached hydrogens (tertiary/aromatic N) is 1. The minimum absolute atomic E-state index is 0.00655. The topological polar surface area (TPSA) is 78.7 Å². The van der Waals surface area contributed by atoms with Crippen LogP contribution >= 0.6 is 0 Å². The summed E-state index contributed by atoms with van der Waals surface area (Å²) < 4.78 is 42.7. The van der Waals surface area contributed by atoms with E-state index in [1.807, 2.05) is 0 Å². The Morgan fingerprint density at radius 2 is 1.81 bits per heavy atom. The molecule has 1 heterocycles. The summed E-state index contributed by atoms with van der Waals surface area (Å²) in [4.78, 5) is 15.7. The minimum atomic E-state index is -4.35. The average Bonchev–Trinajstić information content (AvgIpc) is 3.13. The summed E-state index contributed by atoms with van der Waals surface area (Å²) in [5.74, 6) is 0.750. The Hall–Kier alpha value is -2.97. The van der Waals surface area contributed by atoms with E-state index in [0.717, 1.165) is 12.1 Å². The summed E-state index contributed by atoms with van der Waals surface area (Å²) in [5, 5.41) is 8.42. The molecule has 0 aliphatic rings. The lowest BCUT2D eigenvalue weighted by Gasteiger charge is -2.12. The van der Waals surface area contributed by atoms with Gasteiger partial charge in [0.25, 0.3) is 0 Å². The highest BCUT2D eigenvalue weighted by Gasteiger charge is 2.29. The van der Waals surface area contributed by atoms with Crippen LogP contribution in [0.2, 0.25) is 0 Å². The van der Waals surface area contributed by atoms with Gasteiger partial charge in [-0.15, -0.1) is 0 Å². The van der Waals surface area contributed by atoms with E-state index in [-0.39, 0.29) is 25.5 Å². The maximum absolute atomic E-state index is 12.5. The first-order valence-corrected chi connectivity index (χ1v) is 7.78. The van der Waals surface area contributed by atoms with Crippen LogP contribution in [-0.4, -0.2) is 25.5 Å². The number of carbonyl (C=O) groups is 1. The second kappa shape index (κ2) is 8.93. The Bertz CT molecular complexity index is 725. The number of guanidine groups is 1. The second-order valence-electron chi connectivity index (χ2n) is 5.33. The molecule has 3 N–H and O–H groups in total. The molecule has 0 radical (unpaired) electrons. The van der Waals surface area contributed by atoms with Crippen molar-refractivity contribution in [3.05, 3.63) is 59.5 Å². The molecule has 1 aromatic carbocycles. The van der Waals surface area contributed by atoms with E-state index < -0.39 is 11.7 Å². The minimum Gasteiger partial charge on any atom is -0.467 e. The molecule has 0 atom stereocenters. The van der Waals surface area contributed by atoms with E-state index in [1.54, 1.807) is 12.1 Å². The van der Waals surface area contributed by atoms with Crippen LogP contribution in [0.25, 0.3) is 0 Å². The van der Waals surface area contributed by atoms with Crippen LogP contribution in [0.15, 0.2) is 52.1 Å². The number of aliphatic imine (C=N–C) groups is 1. The molecule has 0 unspecified atom stereocenters. The van der Waals surface area contributed by atoms with E-state index in [4.69, 9.17) is 4.42 Å². The third-order valence-electron chi connectivity index (χ3n) is 3.42. The molecule has 26 heavy (non-hydrogen) atoms. The molecule has 6 nitrogen and oxygen atoms in total. The van der Waals surface area contributed by atoms with E-state index >= 15 is 0 Å². The number of nitrogens with one attached hydrogen (secondary N) is 3. The van der Waals surface area contributed by atoms with Gasteiger partial charge in [-0.1, -0.05) is 12.1 Å². The number of amides is 1. The molecule has 1 aromatic heterocycles. The number of furan rings is 1. The van der Waals surface area contributed by atoms with Crippen LogP contribution < -0.4 is 16.0 Å². The summed E-state index contributed by atoms with van der Waals surface area (Å²) in [6, 6.07) is 8.30. The van der Waals surface area contributed by atoms with Gasteiger partial charge in [-0.3, -0.25) is 9.79 Å². The Balaban J connectivity index is 1.74. The van der Waals surface area contributed by atoms with E-state index in [0.29, 0.717) is 17.3 Å². The van der Waals surface area contributed by atoms with Gasteiger partial charge in [-0.25, -0.2) is 0 Å². The molecule has 9 heteroatoms. The zero-order valence-corrected chi connectivity index (χ0v) is 14.1. The van der Waals surface area contributed by atoms with Crippen LogP contribution in [0.3, 0.4) is 0 Å². The van der Waals surface area contributed by atoms with Gasteiger partial charge in [-0.2, -0.15) is 13.2 Å². The van der Waals surface area contributed by atoms with Crippen molar-refractivity contribution in [3.8, 4) is 0 Å². The molecule has 0 spiro atoms. The molecule has 0 fully saturated rings. The molecule has 0 aliphatic heterocycles. The molecule has 2 rings (SSSR count). The van der Waals surface area contributed by atoms with Gasteiger partial charge in [0.05, 0.1) is 24.9 Å². The van der Waals surface area contributed by atoms with Gasteiger partial charge in [0.15, 0.2) is 5.96 Å². The van der Waals surface area contributed by atoms with Crippen molar-refractivity contribution in [2.75, 3.05) is 13.6 Å². The van der Waals surface area contributed by atoms with Crippen molar-refractivity contribution < 1.29 is 22.4 Å². The highest BCUT2D eigenvalue weighted by molar-refractivity contribution is 5.86. The number of hydrogen-bond donors (Lipinski definition) is 3. The van der Waals surface area contributed by atoms with Gasteiger partial charge in [0.2, 0.25) is 5.91 Å². The fourth-order valence-electron chi connectivity index (χ4n) is 2.04. The Morgan fingerprint density at radius 1 is 1.08 bits per heavy atom. The van der Waals surface area contributed by atoms with Crippen molar-refractivity contribution in [1.29, 1.82) is 0 Å². The molecule has 0 bridgehead atoms. The highest BCUT2D eigenvalue weighted by Crippen LogP contribution is 2.28.